The molecule has 0 unspecified atom stereocenters. The van der Waals surface area contributed by atoms with E-state index in [2.05, 4.69) is 0 Å². The van der Waals surface area contributed by atoms with E-state index in [1.165, 1.54) is 11.8 Å². The summed E-state index contributed by atoms with van der Waals surface area (Å²) in [4.78, 5) is 11.6. The minimum absolute atomic E-state index is 0.108. The van der Waals surface area contributed by atoms with Crippen molar-refractivity contribution in [1.29, 1.82) is 0 Å². The van der Waals surface area contributed by atoms with Crippen LogP contribution in [-0.2, 0) is 11.2 Å². The lowest BCUT2D eigenvalue weighted by atomic mass is 10.1. The van der Waals surface area contributed by atoms with Gasteiger partial charge in [0.2, 0.25) is 0 Å². The van der Waals surface area contributed by atoms with Crippen molar-refractivity contribution in [2.24, 2.45) is 0 Å². The molecule has 70 valence electrons. The fourth-order valence-corrected chi connectivity index (χ4v) is 1.61. The van der Waals surface area contributed by atoms with Crippen molar-refractivity contribution in [1.82, 2.24) is 0 Å². The van der Waals surface area contributed by atoms with Crippen molar-refractivity contribution in [3.63, 3.8) is 0 Å². The summed E-state index contributed by atoms with van der Waals surface area (Å²) in [6.45, 7) is 1.54. The van der Waals surface area contributed by atoms with Crippen LogP contribution in [0.4, 0.5) is 0 Å². The Morgan fingerprint density at radius 2 is 2.23 bits per heavy atom. The Labute approximate surface area is 82.0 Å². The number of hydrogen-bond acceptors (Lipinski definition) is 3. The lowest BCUT2D eigenvalue weighted by Crippen LogP contribution is -1.95. The first-order valence-electron chi connectivity index (χ1n) is 3.99. The van der Waals surface area contributed by atoms with E-state index in [9.17, 15) is 9.90 Å². The number of Topliss-reactive ketones (excluding diaryl/α,β-unsaturated/α-hetero) is 1. The minimum atomic E-state index is 0.108. The van der Waals surface area contributed by atoms with Crippen LogP contribution in [-0.4, -0.2) is 17.1 Å². The van der Waals surface area contributed by atoms with E-state index in [1.807, 2.05) is 18.4 Å². The predicted molar refractivity (Wildman–Crippen MR) is 54.3 cm³/mol. The number of carbonyl (C=O) groups is 1. The maximum atomic E-state index is 10.8. The van der Waals surface area contributed by atoms with E-state index in [-0.39, 0.29) is 11.5 Å². The van der Waals surface area contributed by atoms with E-state index >= 15 is 0 Å². The molecule has 3 heteroatoms. The summed E-state index contributed by atoms with van der Waals surface area (Å²) in [6.07, 6.45) is 2.29. The quantitative estimate of drug-likeness (QED) is 0.753. The Morgan fingerprint density at radius 1 is 1.54 bits per heavy atom. The van der Waals surface area contributed by atoms with Crippen molar-refractivity contribution in [3.05, 3.63) is 23.8 Å². The zero-order valence-electron chi connectivity index (χ0n) is 7.70. The Kier molecular flexibility index (Phi) is 3.37. The molecule has 1 N–H and O–H groups in total. The van der Waals surface area contributed by atoms with Crippen LogP contribution in [0.2, 0.25) is 0 Å². The fraction of sp³-hybridized carbons (Fsp3) is 0.300. The van der Waals surface area contributed by atoms with Gasteiger partial charge in [0.1, 0.15) is 11.5 Å². The second kappa shape index (κ2) is 4.33. The normalized spacial score (nSPS) is 10.0. The maximum Gasteiger partial charge on any atom is 0.134 e. The first kappa shape index (κ1) is 10.1. The van der Waals surface area contributed by atoms with Gasteiger partial charge in [-0.3, -0.25) is 4.79 Å². The highest BCUT2D eigenvalue weighted by molar-refractivity contribution is 7.98. The Morgan fingerprint density at radius 3 is 2.69 bits per heavy atom. The average molecular weight is 196 g/mol. The predicted octanol–water partition coefficient (Wildman–Crippen LogP) is 2.25. The molecule has 0 heterocycles. The van der Waals surface area contributed by atoms with Crippen LogP contribution in [0.25, 0.3) is 0 Å². The standard InChI is InChI=1S/C10H12O2S/c1-7(11)5-8-3-4-10(13-2)9(12)6-8/h3-4,6,12H,5H2,1-2H3. The van der Waals surface area contributed by atoms with Gasteiger partial charge in [-0.05, 0) is 30.9 Å². The molecule has 0 aliphatic heterocycles. The highest BCUT2D eigenvalue weighted by Crippen LogP contribution is 2.27. The van der Waals surface area contributed by atoms with Gasteiger partial charge in [0, 0.05) is 11.3 Å². The zero-order chi connectivity index (χ0) is 9.84. The molecular formula is C10H12O2S. The van der Waals surface area contributed by atoms with Crippen LogP contribution in [0, 0.1) is 0 Å². The molecule has 0 aliphatic carbocycles. The summed E-state index contributed by atoms with van der Waals surface area (Å²) in [5.41, 5.74) is 0.864. The maximum absolute atomic E-state index is 10.8. The number of benzene rings is 1. The van der Waals surface area contributed by atoms with Gasteiger partial charge < -0.3 is 5.11 Å². The lowest BCUT2D eigenvalue weighted by Gasteiger charge is -2.03. The number of hydrogen-bond donors (Lipinski definition) is 1. The van der Waals surface area contributed by atoms with Crippen LogP contribution < -0.4 is 0 Å². The second-order valence-electron chi connectivity index (χ2n) is 2.88. The van der Waals surface area contributed by atoms with Gasteiger partial charge in [0.05, 0.1) is 0 Å². The van der Waals surface area contributed by atoms with Crippen molar-refractivity contribution in [3.8, 4) is 5.75 Å². The fourth-order valence-electron chi connectivity index (χ4n) is 1.13. The highest BCUT2D eigenvalue weighted by Gasteiger charge is 2.02. The van der Waals surface area contributed by atoms with E-state index in [0.717, 1.165) is 10.5 Å². The molecule has 2 nitrogen and oxygen atoms in total. The number of ketones is 1. The third-order valence-corrected chi connectivity index (χ3v) is 2.48. The number of thioether (sulfide) groups is 1. The first-order valence-corrected chi connectivity index (χ1v) is 5.21. The van der Waals surface area contributed by atoms with Crippen molar-refractivity contribution in [2.45, 2.75) is 18.2 Å². The lowest BCUT2D eigenvalue weighted by molar-refractivity contribution is -0.116. The third kappa shape index (κ3) is 2.77. The van der Waals surface area contributed by atoms with Gasteiger partial charge in [-0.15, -0.1) is 11.8 Å². The van der Waals surface area contributed by atoms with Gasteiger partial charge in [-0.2, -0.15) is 0 Å². The summed E-state index contributed by atoms with van der Waals surface area (Å²) in [6, 6.07) is 5.35. The van der Waals surface area contributed by atoms with Crippen LogP contribution >= 0.6 is 11.8 Å². The highest BCUT2D eigenvalue weighted by atomic mass is 32.2. The summed E-state index contributed by atoms with van der Waals surface area (Å²) in [7, 11) is 0. The van der Waals surface area contributed by atoms with E-state index in [1.54, 1.807) is 13.0 Å². The van der Waals surface area contributed by atoms with Crippen molar-refractivity contribution < 1.29 is 9.90 Å². The van der Waals surface area contributed by atoms with E-state index < -0.39 is 0 Å². The summed E-state index contributed by atoms with van der Waals surface area (Å²) >= 11 is 1.49. The number of phenols is 1. The Balaban J connectivity index is 2.89. The molecule has 0 radical (unpaired) electrons. The zero-order valence-corrected chi connectivity index (χ0v) is 8.52. The van der Waals surface area contributed by atoms with Gasteiger partial charge in [0.15, 0.2) is 0 Å². The summed E-state index contributed by atoms with van der Waals surface area (Å²) in [5, 5.41) is 9.47. The Hall–Kier alpha value is -0.960. The monoisotopic (exact) mass is 196 g/mol. The SMILES string of the molecule is CSc1ccc(CC(C)=O)cc1O. The molecule has 13 heavy (non-hydrogen) atoms. The number of phenolic OH excluding ortho intramolecular Hbond substituents is 1. The first-order chi connectivity index (χ1) is 6.13. The van der Waals surface area contributed by atoms with Gasteiger partial charge >= 0.3 is 0 Å². The number of carbonyl (C=O) groups excluding carboxylic acids is 1. The molecule has 0 saturated heterocycles. The molecule has 1 aromatic rings. The van der Waals surface area contributed by atoms with Crippen LogP contribution in [0.5, 0.6) is 5.75 Å². The molecule has 0 aromatic heterocycles. The van der Waals surface area contributed by atoms with Gasteiger partial charge in [-0.25, -0.2) is 0 Å². The molecule has 0 amide bonds. The number of rotatable bonds is 3. The summed E-state index contributed by atoms with van der Waals surface area (Å²) in [5.74, 6) is 0.363. The van der Waals surface area contributed by atoms with E-state index in [4.69, 9.17) is 0 Å². The topological polar surface area (TPSA) is 37.3 Å². The van der Waals surface area contributed by atoms with Crippen molar-refractivity contribution >= 4 is 17.5 Å². The smallest absolute Gasteiger partial charge is 0.134 e. The van der Waals surface area contributed by atoms with Crippen LogP contribution in [0.15, 0.2) is 23.1 Å². The van der Waals surface area contributed by atoms with Gasteiger partial charge in [0.25, 0.3) is 0 Å². The summed E-state index contributed by atoms with van der Waals surface area (Å²) < 4.78 is 0. The van der Waals surface area contributed by atoms with Gasteiger partial charge in [-0.1, -0.05) is 6.07 Å². The molecule has 0 fully saturated rings. The molecule has 1 rings (SSSR count). The van der Waals surface area contributed by atoms with E-state index in [0.29, 0.717) is 6.42 Å². The molecule has 0 spiro atoms. The second-order valence-corrected chi connectivity index (χ2v) is 3.73. The molecule has 0 atom stereocenters. The molecule has 0 saturated carbocycles. The third-order valence-electron chi connectivity index (χ3n) is 1.70. The molecular weight excluding hydrogens is 184 g/mol. The molecule has 0 bridgehead atoms. The number of aromatic hydroxyl groups is 1. The van der Waals surface area contributed by atoms with Crippen LogP contribution in [0.3, 0.4) is 0 Å². The van der Waals surface area contributed by atoms with Crippen LogP contribution in [0.1, 0.15) is 12.5 Å². The molecule has 1 aromatic carbocycles. The average Bonchev–Trinajstić information content (AvgIpc) is 2.03. The largest absolute Gasteiger partial charge is 0.507 e. The Bertz CT molecular complexity index is 321. The minimum Gasteiger partial charge on any atom is -0.507 e. The molecule has 0 aliphatic rings. The van der Waals surface area contributed by atoms with Crippen molar-refractivity contribution in [2.75, 3.05) is 6.26 Å².